The molecule has 3 atom stereocenters. The van der Waals surface area contributed by atoms with Crippen molar-refractivity contribution < 1.29 is 9.59 Å². The van der Waals surface area contributed by atoms with Crippen LogP contribution in [-0.4, -0.2) is 16.6 Å². The molecule has 0 saturated heterocycles. The van der Waals surface area contributed by atoms with Crippen LogP contribution in [0.1, 0.15) is 42.7 Å². The Morgan fingerprint density at radius 1 is 1.23 bits per heavy atom. The number of carbonyl (C=O) groups is 2. The first-order valence-electron chi connectivity index (χ1n) is 7.78. The van der Waals surface area contributed by atoms with Gasteiger partial charge in [-0.05, 0) is 37.1 Å². The highest BCUT2D eigenvalue weighted by Crippen LogP contribution is 2.45. The van der Waals surface area contributed by atoms with Crippen LogP contribution < -0.4 is 0 Å². The molecule has 3 nitrogen and oxygen atoms in total. The number of ketones is 2. The van der Waals surface area contributed by atoms with E-state index in [1.165, 1.54) is 0 Å². The summed E-state index contributed by atoms with van der Waals surface area (Å²) >= 11 is 3.27. The molecule has 0 spiro atoms. The molecular formula is C17H17NO2S2. The molecule has 0 amide bonds. The van der Waals surface area contributed by atoms with Crippen molar-refractivity contribution in [3.63, 3.8) is 0 Å². The second kappa shape index (κ2) is 5.39. The van der Waals surface area contributed by atoms with Crippen LogP contribution >= 0.6 is 22.7 Å². The molecule has 2 bridgehead atoms. The fraction of sp³-hybridized carbons (Fsp3) is 0.471. The molecule has 0 aromatic carbocycles. The van der Waals surface area contributed by atoms with Crippen LogP contribution in [0.5, 0.6) is 0 Å². The Labute approximate surface area is 137 Å². The number of hydrogen-bond donors (Lipinski definition) is 0. The number of thiazole rings is 1. The van der Waals surface area contributed by atoms with Crippen molar-refractivity contribution in [3.8, 4) is 10.6 Å². The van der Waals surface area contributed by atoms with Gasteiger partial charge in [0, 0.05) is 27.7 Å². The molecule has 1 unspecified atom stereocenters. The minimum absolute atomic E-state index is 0.0868. The molecule has 2 aromatic heterocycles. The predicted octanol–water partition coefficient (Wildman–Crippen LogP) is 4.09. The number of aromatic nitrogens is 1. The Hall–Kier alpha value is -1.33. The first-order valence-corrected chi connectivity index (χ1v) is 9.54. The van der Waals surface area contributed by atoms with E-state index in [0.29, 0.717) is 0 Å². The van der Waals surface area contributed by atoms with Crippen molar-refractivity contribution in [2.24, 2.45) is 11.8 Å². The molecule has 0 aliphatic heterocycles. The third kappa shape index (κ3) is 2.10. The third-order valence-electron chi connectivity index (χ3n) is 4.90. The molecule has 2 heterocycles. The number of aryl methyl sites for hydroxylation is 1. The fourth-order valence-corrected chi connectivity index (χ4v) is 5.48. The van der Waals surface area contributed by atoms with Crippen LogP contribution in [0.15, 0.2) is 16.8 Å². The highest BCUT2D eigenvalue weighted by Gasteiger charge is 2.48. The first-order chi connectivity index (χ1) is 10.7. The van der Waals surface area contributed by atoms with E-state index in [1.807, 2.05) is 11.4 Å². The second-order valence-electron chi connectivity index (χ2n) is 6.14. The minimum atomic E-state index is -0.593. The van der Waals surface area contributed by atoms with E-state index in [1.54, 1.807) is 22.7 Å². The SMILES string of the molecule is CCc1sc(-c2ccsc2)nc1C1C(=O)[C@@H]2CC[C@@H](C2)C1=O. The Morgan fingerprint density at radius 2 is 1.95 bits per heavy atom. The number of fused-ring (bicyclic) bond motifs is 2. The zero-order valence-corrected chi connectivity index (χ0v) is 14.0. The topological polar surface area (TPSA) is 47.0 Å². The van der Waals surface area contributed by atoms with Gasteiger partial charge >= 0.3 is 0 Å². The Balaban J connectivity index is 1.78. The summed E-state index contributed by atoms with van der Waals surface area (Å²) < 4.78 is 0. The van der Waals surface area contributed by atoms with Gasteiger partial charge in [-0.1, -0.05) is 6.92 Å². The maximum Gasteiger partial charge on any atom is 0.152 e. The monoisotopic (exact) mass is 331 g/mol. The number of hydrogen-bond acceptors (Lipinski definition) is 5. The molecule has 2 fully saturated rings. The number of rotatable bonds is 3. The van der Waals surface area contributed by atoms with Crippen molar-refractivity contribution in [1.29, 1.82) is 0 Å². The van der Waals surface area contributed by atoms with Gasteiger partial charge in [0.2, 0.25) is 0 Å². The maximum atomic E-state index is 12.7. The van der Waals surface area contributed by atoms with E-state index in [4.69, 9.17) is 4.98 Å². The van der Waals surface area contributed by atoms with Crippen molar-refractivity contribution in [3.05, 3.63) is 27.4 Å². The number of Topliss-reactive ketones (excluding diaryl/α,β-unsaturated/α-hetero) is 2. The lowest BCUT2D eigenvalue weighted by Crippen LogP contribution is -2.35. The quantitative estimate of drug-likeness (QED) is 0.796. The van der Waals surface area contributed by atoms with Gasteiger partial charge in [0.15, 0.2) is 11.6 Å². The lowest BCUT2D eigenvalue weighted by Gasteiger charge is -2.24. The molecule has 4 rings (SSSR count). The van der Waals surface area contributed by atoms with E-state index in [9.17, 15) is 9.59 Å². The van der Waals surface area contributed by atoms with Gasteiger partial charge in [-0.3, -0.25) is 9.59 Å². The van der Waals surface area contributed by atoms with Crippen LogP contribution in [0.2, 0.25) is 0 Å². The van der Waals surface area contributed by atoms with Crippen molar-refractivity contribution in [2.45, 2.75) is 38.5 Å². The second-order valence-corrected chi connectivity index (χ2v) is 8.00. The van der Waals surface area contributed by atoms with Gasteiger partial charge < -0.3 is 0 Å². The first kappa shape index (κ1) is 14.3. The molecule has 5 heteroatoms. The molecule has 2 aliphatic carbocycles. The minimum Gasteiger partial charge on any atom is -0.298 e. The van der Waals surface area contributed by atoms with Gasteiger partial charge in [0.05, 0.1) is 5.69 Å². The number of thiophene rings is 1. The van der Waals surface area contributed by atoms with Gasteiger partial charge in [-0.2, -0.15) is 11.3 Å². The number of nitrogens with zero attached hydrogens (tertiary/aromatic N) is 1. The van der Waals surface area contributed by atoms with Gasteiger partial charge in [0.1, 0.15) is 10.9 Å². The molecule has 2 saturated carbocycles. The van der Waals surface area contributed by atoms with Crippen LogP contribution in [0.4, 0.5) is 0 Å². The van der Waals surface area contributed by atoms with Crippen LogP contribution in [-0.2, 0) is 16.0 Å². The zero-order chi connectivity index (χ0) is 15.3. The normalized spacial score (nSPS) is 27.6. The van der Waals surface area contributed by atoms with E-state index in [0.717, 1.165) is 46.8 Å². The Bertz CT molecular complexity index is 710. The summed E-state index contributed by atoms with van der Waals surface area (Å²) in [6, 6.07) is 2.04. The standard InChI is InChI=1S/C17H17NO2S2/c1-2-12-14(18-17(22-12)11-5-6-21-8-11)13-15(19)9-3-4-10(7-9)16(13)20/h5-6,8-10,13H,2-4,7H2,1H3/t9-,10+,13?. The number of carbonyl (C=O) groups excluding carboxylic acids is 2. The van der Waals surface area contributed by atoms with Crippen LogP contribution in [0.3, 0.4) is 0 Å². The van der Waals surface area contributed by atoms with Crippen LogP contribution in [0.25, 0.3) is 10.6 Å². The molecular weight excluding hydrogens is 314 g/mol. The lowest BCUT2D eigenvalue weighted by molar-refractivity contribution is -0.136. The molecule has 0 radical (unpaired) electrons. The summed E-state index contributed by atoms with van der Waals surface area (Å²) in [5, 5.41) is 5.03. The van der Waals surface area contributed by atoms with E-state index < -0.39 is 5.92 Å². The summed E-state index contributed by atoms with van der Waals surface area (Å²) in [7, 11) is 0. The van der Waals surface area contributed by atoms with E-state index in [-0.39, 0.29) is 23.4 Å². The van der Waals surface area contributed by atoms with Gasteiger partial charge in [-0.15, -0.1) is 11.3 Å². The van der Waals surface area contributed by atoms with E-state index in [2.05, 4.69) is 12.3 Å². The summed E-state index contributed by atoms with van der Waals surface area (Å²) in [5.41, 5.74) is 1.84. The highest BCUT2D eigenvalue weighted by molar-refractivity contribution is 7.15. The summed E-state index contributed by atoms with van der Waals surface area (Å²) in [5.74, 6) is -0.177. The smallest absolute Gasteiger partial charge is 0.152 e. The lowest BCUT2D eigenvalue weighted by atomic mass is 9.77. The van der Waals surface area contributed by atoms with Crippen molar-refractivity contribution in [2.75, 3.05) is 0 Å². The molecule has 2 aliphatic rings. The molecule has 114 valence electrons. The summed E-state index contributed by atoms with van der Waals surface area (Å²) in [6.45, 7) is 2.07. The van der Waals surface area contributed by atoms with Crippen molar-refractivity contribution in [1.82, 2.24) is 4.98 Å². The average molecular weight is 331 g/mol. The third-order valence-corrected chi connectivity index (χ3v) is 6.84. The zero-order valence-electron chi connectivity index (χ0n) is 12.4. The van der Waals surface area contributed by atoms with Crippen molar-refractivity contribution >= 4 is 34.2 Å². The molecule has 22 heavy (non-hydrogen) atoms. The van der Waals surface area contributed by atoms with E-state index >= 15 is 0 Å². The molecule has 0 N–H and O–H groups in total. The predicted molar refractivity (Wildman–Crippen MR) is 88.4 cm³/mol. The van der Waals surface area contributed by atoms with Crippen LogP contribution in [0, 0.1) is 11.8 Å². The molecule has 2 aromatic rings. The van der Waals surface area contributed by atoms with Gasteiger partial charge in [-0.25, -0.2) is 4.98 Å². The average Bonchev–Trinajstić information content (AvgIpc) is 3.25. The Kier molecular flexibility index (Phi) is 3.50. The largest absolute Gasteiger partial charge is 0.298 e. The van der Waals surface area contributed by atoms with Gasteiger partial charge in [0.25, 0.3) is 0 Å². The fourth-order valence-electron chi connectivity index (χ4n) is 3.73. The summed E-state index contributed by atoms with van der Waals surface area (Å²) in [4.78, 5) is 31.2. The highest BCUT2D eigenvalue weighted by atomic mass is 32.1. The maximum absolute atomic E-state index is 12.7. The summed E-state index contributed by atoms with van der Waals surface area (Å²) in [6.07, 6.45) is 3.37. The Morgan fingerprint density at radius 3 is 2.55 bits per heavy atom.